The number of carbonyl (C=O) groups is 1. The Labute approximate surface area is 176 Å². The predicted molar refractivity (Wildman–Crippen MR) is 118 cm³/mol. The Hall–Kier alpha value is -3.19. The van der Waals surface area contributed by atoms with Crippen LogP contribution < -0.4 is 10.2 Å². The number of aromatic nitrogens is 2. The van der Waals surface area contributed by atoms with E-state index >= 15 is 0 Å². The summed E-state index contributed by atoms with van der Waals surface area (Å²) in [6, 6.07) is 15.9. The van der Waals surface area contributed by atoms with Gasteiger partial charge in [0.05, 0.1) is 0 Å². The molecule has 7 heteroatoms. The SMILES string of the molecule is Cc1ccc(-c2nnc(CCC(=O)Nc3ccc(N4CCN(C)CC4)cc3)o2)cc1. The molecular formula is C23H27N5O2. The van der Waals surface area contributed by atoms with E-state index in [9.17, 15) is 4.79 Å². The molecule has 1 aliphatic rings. The number of nitrogens with one attached hydrogen (secondary N) is 1. The molecule has 1 saturated heterocycles. The fourth-order valence-electron chi connectivity index (χ4n) is 3.43. The van der Waals surface area contributed by atoms with Crippen molar-refractivity contribution in [3.8, 4) is 11.5 Å². The molecule has 7 nitrogen and oxygen atoms in total. The zero-order valence-electron chi connectivity index (χ0n) is 17.5. The third-order valence-corrected chi connectivity index (χ3v) is 5.35. The van der Waals surface area contributed by atoms with Gasteiger partial charge in [0, 0.05) is 56.0 Å². The molecule has 0 unspecified atom stereocenters. The molecule has 4 rings (SSSR count). The first kappa shape index (κ1) is 20.1. The molecule has 1 fully saturated rings. The van der Waals surface area contributed by atoms with Gasteiger partial charge in [0.25, 0.3) is 0 Å². The van der Waals surface area contributed by atoms with Crippen molar-refractivity contribution >= 4 is 17.3 Å². The third-order valence-electron chi connectivity index (χ3n) is 5.35. The van der Waals surface area contributed by atoms with Crippen LogP contribution in [0.1, 0.15) is 17.9 Å². The van der Waals surface area contributed by atoms with Gasteiger partial charge in [-0.05, 0) is 50.4 Å². The summed E-state index contributed by atoms with van der Waals surface area (Å²) in [6.45, 7) is 6.22. The first-order chi connectivity index (χ1) is 14.6. The number of likely N-dealkylation sites (N-methyl/N-ethyl adjacent to an activating group) is 1. The molecule has 1 amide bonds. The number of amides is 1. The van der Waals surface area contributed by atoms with Crippen molar-refractivity contribution in [2.45, 2.75) is 19.8 Å². The number of piperazine rings is 1. The van der Waals surface area contributed by atoms with Crippen LogP contribution in [0.15, 0.2) is 52.9 Å². The van der Waals surface area contributed by atoms with Gasteiger partial charge in [0.15, 0.2) is 0 Å². The zero-order chi connectivity index (χ0) is 20.9. The van der Waals surface area contributed by atoms with Gasteiger partial charge in [0.2, 0.25) is 17.7 Å². The largest absolute Gasteiger partial charge is 0.421 e. The molecular weight excluding hydrogens is 378 g/mol. The predicted octanol–water partition coefficient (Wildman–Crippen LogP) is 3.37. The van der Waals surface area contributed by atoms with Crippen LogP contribution in [0, 0.1) is 6.92 Å². The van der Waals surface area contributed by atoms with Gasteiger partial charge in [0.1, 0.15) is 0 Å². The van der Waals surface area contributed by atoms with Gasteiger partial charge < -0.3 is 19.5 Å². The number of hydrogen-bond acceptors (Lipinski definition) is 6. The molecule has 0 aliphatic carbocycles. The summed E-state index contributed by atoms with van der Waals surface area (Å²) in [5.74, 6) is 0.869. The molecule has 0 radical (unpaired) electrons. The summed E-state index contributed by atoms with van der Waals surface area (Å²) < 4.78 is 5.69. The first-order valence-electron chi connectivity index (χ1n) is 10.3. The number of rotatable bonds is 6. The van der Waals surface area contributed by atoms with Gasteiger partial charge in [-0.25, -0.2) is 0 Å². The highest BCUT2D eigenvalue weighted by atomic mass is 16.4. The van der Waals surface area contributed by atoms with Crippen molar-refractivity contribution in [2.24, 2.45) is 0 Å². The highest BCUT2D eigenvalue weighted by Crippen LogP contribution is 2.21. The average molecular weight is 406 g/mol. The van der Waals surface area contributed by atoms with Crippen molar-refractivity contribution < 1.29 is 9.21 Å². The van der Waals surface area contributed by atoms with Gasteiger partial charge in [-0.1, -0.05) is 17.7 Å². The summed E-state index contributed by atoms with van der Waals surface area (Å²) in [5, 5.41) is 11.1. The van der Waals surface area contributed by atoms with E-state index in [1.54, 1.807) is 0 Å². The van der Waals surface area contributed by atoms with Crippen LogP contribution in [0.4, 0.5) is 11.4 Å². The van der Waals surface area contributed by atoms with Crippen LogP contribution in [-0.4, -0.2) is 54.2 Å². The van der Waals surface area contributed by atoms with E-state index in [4.69, 9.17) is 4.42 Å². The summed E-state index contributed by atoms with van der Waals surface area (Å²) in [6.07, 6.45) is 0.694. The monoisotopic (exact) mass is 405 g/mol. The van der Waals surface area contributed by atoms with Crippen LogP contribution in [0.3, 0.4) is 0 Å². The number of nitrogens with zero attached hydrogens (tertiary/aromatic N) is 4. The number of carbonyl (C=O) groups excluding carboxylic acids is 1. The van der Waals surface area contributed by atoms with Crippen LogP contribution in [0.25, 0.3) is 11.5 Å². The summed E-state index contributed by atoms with van der Waals surface area (Å²) in [7, 11) is 2.15. The maximum absolute atomic E-state index is 12.3. The molecule has 0 saturated carbocycles. The van der Waals surface area contributed by atoms with E-state index in [2.05, 4.69) is 44.5 Å². The zero-order valence-corrected chi connectivity index (χ0v) is 17.5. The third kappa shape index (κ3) is 5.04. The molecule has 2 heterocycles. The van der Waals surface area contributed by atoms with Gasteiger partial charge in [-0.3, -0.25) is 4.79 Å². The van der Waals surface area contributed by atoms with Crippen LogP contribution >= 0.6 is 0 Å². The van der Waals surface area contributed by atoms with Crippen molar-refractivity contribution in [1.29, 1.82) is 0 Å². The molecule has 0 bridgehead atoms. The summed E-state index contributed by atoms with van der Waals surface area (Å²) in [5.41, 5.74) is 4.04. The minimum atomic E-state index is -0.0718. The standard InChI is InChI=1S/C23H27N5O2/c1-17-3-5-18(6-4-17)23-26-25-22(30-23)12-11-21(29)24-19-7-9-20(10-8-19)28-15-13-27(2)14-16-28/h3-10H,11-16H2,1-2H3,(H,24,29). The highest BCUT2D eigenvalue weighted by molar-refractivity contribution is 5.90. The highest BCUT2D eigenvalue weighted by Gasteiger charge is 2.14. The molecule has 0 spiro atoms. The maximum Gasteiger partial charge on any atom is 0.247 e. The second-order valence-corrected chi connectivity index (χ2v) is 7.75. The number of benzene rings is 2. The van der Waals surface area contributed by atoms with Gasteiger partial charge >= 0.3 is 0 Å². The van der Waals surface area contributed by atoms with Crippen molar-refractivity contribution in [3.63, 3.8) is 0 Å². The lowest BCUT2D eigenvalue weighted by atomic mass is 10.1. The van der Waals surface area contributed by atoms with Crippen LogP contribution in [0.2, 0.25) is 0 Å². The average Bonchev–Trinajstić information content (AvgIpc) is 3.23. The molecule has 1 aliphatic heterocycles. The number of anilines is 2. The molecule has 30 heavy (non-hydrogen) atoms. The van der Waals surface area contributed by atoms with Crippen molar-refractivity contribution in [1.82, 2.24) is 15.1 Å². The van der Waals surface area contributed by atoms with E-state index in [1.807, 2.05) is 43.3 Å². The van der Waals surface area contributed by atoms with E-state index in [1.165, 1.54) is 11.3 Å². The fourth-order valence-corrected chi connectivity index (χ4v) is 3.43. The van der Waals surface area contributed by atoms with Gasteiger partial charge in [-0.2, -0.15) is 0 Å². The molecule has 3 aromatic rings. The summed E-state index contributed by atoms with van der Waals surface area (Å²) in [4.78, 5) is 17.0. The number of aryl methyl sites for hydroxylation is 2. The Morgan fingerprint density at radius 1 is 1.00 bits per heavy atom. The Balaban J connectivity index is 1.27. The summed E-state index contributed by atoms with van der Waals surface area (Å²) >= 11 is 0. The second kappa shape index (κ2) is 9.09. The molecule has 2 aromatic carbocycles. The van der Waals surface area contributed by atoms with Crippen molar-refractivity contribution in [2.75, 3.05) is 43.4 Å². The Kier molecular flexibility index (Phi) is 6.09. The van der Waals surface area contributed by atoms with Crippen LogP contribution in [-0.2, 0) is 11.2 Å². The molecule has 1 aromatic heterocycles. The second-order valence-electron chi connectivity index (χ2n) is 7.75. The van der Waals surface area contributed by atoms with E-state index in [0.717, 1.165) is 37.4 Å². The molecule has 0 atom stereocenters. The lowest BCUT2D eigenvalue weighted by Crippen LogP contribution is -2.44. The lowest BCUT2D eigenvalue weighted by Gasteiger charge is -2.34. The van der Waals surface area contributed by atoms with E-state index in [-0.39, 0.29) is 12.3 Å². The first-order valence-corrected chi connectivity index (χ1v) is 10.3. The number of hydrogen-bond donors (Lipinski definition) is 1. The van der Waals surface area contributed by atoms with Crippen LogP contribution in [0.5, 0.6) is 0 Å². The Morgan fingerprint density at radius 2 is 1.70 bits per heavy atom. The lowest BCUT2D eigenvalue weighted by molar-refractivity contribution is -0.116. The van der Waals surface area contributed by atoms with Crippen molar-refractivity contribution in [3.05, 3.63) is 60.0 Å². The molecule has 1 N–H and O–H groups in total. The normalized spacial score (nSPS) is 14.7. The van der Waals surface area contributed by atoms with Gasteiger partial charge in [-0.15, -0.1) is 10.2 Å². The minimum Gasteiger partial charge on any atom is -0.421 e. The fraction of sp³-hybridized carbons (Fsp3) is 0.348. The Bertz CT molecular complexity index is 974. The Morgan fingerprint density at radius 3 is 2.40 bits per heavy atom. The quantitative estimate of drug-likeness (QED) is 0.678. The van der Waals surface area contributed by atoms with E-state index in [0.29, 0.717) is 18.2 Å². The van der Waals surface area contributed by atoms with E-state index < -0.39 is 0 Å². The minimum absolute atomic E-state index is 0.0718. The smallest absolute Gasteiger partial charge is 0.247 e. The molecule has 156 valence electrons. The topological polar surface area (TPSA) is 74.5 Å². The maximum atomic E-state index is 12.3.